The molecule has 0 aliphatic heterocycles. The molecule has 0 aliphatic carbocycles. The molecule has 0 saturated heterocycles. The van der Waals surface area contributed by atoms with Gasteiger partial charge in [-0.3, -0.25) is 0 Å². The molecule has 0 atom stereocenters. The number of hydrogen-bond acceptors (Lipinski definition) is 1. The molecule has 124 valence electrons. The van der Waals surface area contributed by atoms with Crippen LogP contribution in [-0.4, -0.2) is 6.04 Å². The van der Waals surface area contributed by atoms with Crippen LogP contribution in [0, 0.1) is 6.92 Å². The first kappa shape index (κ1) is 18.8. The lowest BCUT2D eigenvalue weighted by Crippen LogP contribution is -2.27. The van der Waals surface area contributed by atoms with Crippen LogP contribution in [0.25, 0.3) is 5.70 Å². The lowest BCUT2D eigenvalue weighted by molar-refractivity contribution is 0.476. The highest BCUT2D eigenvalue weighted by Gasteiger charge is 2.10. The highest BCUT2D eigenvalue weighted by molar-refractivity contribution is 5.63. The van der Waals surface area contributed by atoms with E-state index in [1.54, 1.807) is 0 Å². The fourth-order valence-corrected chi connectivity index (χ4v) is 2.95. The molecule has 0 radical (unpaired) electrons. The summed E-state index contributed by atoms with van der Waals surface area (Å²) in [4.78, 5) is 0. The van der Waals surface area contributed by atoms with Crippen molar-refractivity contribution in [1.82, 2.24) is 5.32 Å². The van der Waals surface area contributed by atoms with Gasteiger partial charge in [0.2, 0.25) is 0 Å². The lowest BCUT2D eigenvalue weighted by atomic mass is 9.99. The second kappa shape index (κ2) is 10.5. The molecule has 1 aromatic carbocycles. The largest absolute Gasteiger partial charge is 0.382 e. The Bertz CT molecular complexity index is 439. The molecule has 0 heterocycles. The van der Waals surface area contributed by atoms with Gasteiger partial charge in [-0.1, -0.05) is 71.6 Å². The van der Waals surface area contributed by atoms with Gasteiger partial charge < -0.3 is 5.32 Å². The topological polar surface area (TPSA) is 12.0 Å². The van der Waals surface area contributed by atoms with Gasteiger partial charge in [0.15, 0.2) is 0 Å². The first-order valence-electron chi connectivity index (χ1n) is 9.17. The molecule has 0 aromatic heterocycles. The molecule has 0 aliphatic rings. The molecular weight excluding hydrogens is 266 g/mol. The Morgan fingerprint density at radius 2 is 1.68 bits per heavy atom. The molecule has 0 unspecified atom stereocenters. The molecule has 0 amide bonds. The zero-order valence-corrected chi connectivity index (χ0v) is 15.2. The molecule has 1 heteroatoms. The summed E-state index contributed by atoms with van der Waals surface area (Å²) in [5.74, 6) is 0. The predicted molar refractivity (Wildman–Crippen MR) is 100 cm³/mol. The summed E-state index contributed by atoms with van der Waals surface area (Å²) in [5.41, 5.74) is 5.19. The normalized spacial score (nSPS) is 11.0. The van der Waals surface area contributed by atoms with Gasteiger partial charge >= 0.3 is 0 Å². The molecule has 0 saturated carbocycles. The Balaban J connectivity index is 2.69. The van der Waals surface area contributed by atoms with Crippen LogP contribution in [0.3, 0.4) is 0 Å². The van der Waals surface area contributed by atoms with Crippen molar-refractivity contribution in [2.45, 2.75) is 85.1 Å². The molecule has 0 fully saturated rings. The van der Waals surface area contributed by atoms with Gasteiger partial charge in [0.1, 0.15) is 0 Å². The van der Waals surface area contributed by atoms with Crippen LogP contribution in [0.1, 0.15) is 82.4 Å². The zero-order chi connectivity index (χ0) is 16.4. The summed E-state index contributed by atoms with van der Waals surface area (Å²) < 4.78 is 0. The van der Waals surface area contributed by atoms with Crippen molar-refractivity contribution in [3.8, 4) is 0 Å². The van der Waals surface area contributed by atoms with E-state index in [1.807, 2.05) is 0 Å². The molecule has 1 N–H and O–H groups in total. The minimum absolute atomic E-state index is 0.572. The van der Waals surface area contributed by atoms with Gasteiger partial charge in [-0.15, -0.1) is 0 Å². The van der Waals surface area contributed by atoms with Crippen LogP contribution < -0.4 is 5.32 Å². The summed E-state index contributed by atoms with van der Waals surface area (Å²) in [5, 5.41) is 3.69. The Hall–Kier alpha value is -1.24. The van der Waals surface area contributed by atoms with Crippen LogP contribution in [0.4, 0.5) is 0 Å². The van der Waals surface area contributed by atoms with Gasteiger partial charge in [-0.25, -0.2) is 0 Å². The van der Waals surface area contributed by atoms with E-state index in [1.165, 1.54) is 68.1 Å². The summed E-state index contributed by atoms with van der Waals surface area (Å²) in [7, 11) is 0. The Morgan fingerprint density at radius 1 is 1.05 bits per heavy atom. The quantitative estimate of drug-likeness (QED) is 0.509. The number of aryl methyl sites for hydroxylation is 2. The Morgan fingerprint density at radius 3 is 2.18 bits per heavy atom. The molecule has 1 rings (SSSR count). The maximum absolute atomic E-state index is 4.29. The van der Waals surface area contributed by atoms with Gasteiger partial charge in [0.05, 0.1) is 0 Å². The smallest absolute Gasteiger partial charge is 0.0343 e. The molecule has 22 heavy (non-hydrogen) atoms. The number of unbranched alkanes of at least 4 members (excludes halogenated alkanes) is 2. The van der Waals surface area contributed by atoms with Crippen molar-refractivity contribution in [1.29, 1.82) is 0 Å². The molecule has 1 nitrogen and oxygen atoms in total. The van der Waals surface area contributed by atoms with E-state index >= 15 is 0 Å². The third kappa shape index (κ3) is 6.25. The third-order valence-electron chi connectivity index (χ3n) is 4.40. The van der Waals surface area contributed by atoms with Crippen LogP contribution in [0.15, 0.2) is 24.8 Å². The van der Waals surface area contributed by atoms with E-state index in [-0.39, 0.29) is 0 Å². The number of benzene rings is 1. The molecule has 0 bridgehead atoms. The van der Waals surface area contributed by atoms with Crippen LogP contribution >= 0.6 is 0 Å². The zero-order valence-electron chi connectivity index (χ0n) is 15.2. The predicted octanol–water partition coefficient (Wildman–Crippen LogP) is 6.26. The number of hydrogen-bond donors (Lipinski definition) is 1. The van der Waals surface area contributed by atoms with Crippen molar-refractivity contribution in [3.05, 3.63) is 41.5 Å². The SMILES string of the molecule is C=C(NC(CCCC)CCCC)c1ccc(CCC)c(C)c1. The lowest BCUT2D eigenvalue weighted by Gasteiger charge is -2.22. The average Bonchev–Trinajstić information content (AvgIpc) is 2.51. The van der Waals surface area contributed by atoms with Crippen molar-refractivity contribution >= 4 is 5.70 Å². The highest BCUT2D eigenvalue weighted by Crippen LogP contribution is 2.19. The summed E-state index contributed by atoms with van der Waals surface area (Å²) >= 11 is 0. The van der Waals surface area contributed by atoms with Gasteiger partial charge in [-0.05, 0) is 48.9 Å². The minimum Gasteiger partial charge on any atom is -0.382 e. The maximum Gasteiger partial charge on any atom is 0.0343 e. The second-order valence-electron chi connectivity index (χ2n) is 6.50. The van der Waals surface area contributed by atoms with Crippen LogP contribution in [-0.2, 0) is 6.42 Å². The number of nitrogens with one attached hydrogen (secondary N) is 1. The van der Waals surface area contributed by atoms with Gasteiger partial charge in [0.25, 0.3) is 0 Å². The molecule has 1 aromatic rings. The molecule has 0 spiro atoms. The van der Waals surface area contributed by atoms with Crippen LogP contribution in [0.2, 0.25) is 0 Å². The first-order valence-corrected chi connectivity index (χ1v) is 9.17. The van der Waals surface area contributed by atoms with E-state index in [0.717, 1.165) is 5.70 Å². The second-order valence-corrected chi connectivity index (χ2v) is 6.50. The highest BCUT2D eigenvalue weighted by atomic mass is 14.9. The van der Waals surface area contributed by atoms with E-state index in [9.17, 15) is 0 Å². The Kier molecular flexibility index (Phi) is 8.96. The van der Waals surface area contributed by atoms with Gasteiger partial charge in [-0.2, -0.15) is 0 Å². The standard InChI is InChI=1S/C21H35N/c1-6-9-12-21(13-10-7-2)22-18(5)20-15-14-19(11-8-3)17(4)16-20/h14-16,21-22H,5-13H2,1-4H3. The van der Waals surface area contributed by atoms with E-state index in [0.29, 0.717) is 6.04 Å². The van der Waals surface area contributed by atoms with Crippen molar-refractivity contribution < 1.29 is 0 Å². The fraction of sp³-hybridized carbons (Fsp3) is 0.619. The number of rotatable bonds is 11. The maximum atomic E-state index is 4.29. The average molecular weight is 302 g/mol. The molecular formula is C21H35N. The van der Waals surface area contributed by atoms with Crippen LogP contribution in [0.5, 0.6) is 0 Å². The van der Waals surface area contributed by atoms with E-state index < -0.39 is 0 Å². The first-order chi connectivity index (χ1) is 10.6. The van der Waals surface area contributed by atoms with Crippen molar-refractivity contribution in [2.75, 3.05) is 0 Å². The monoisotopic (exact) mass is 301 g/mol. The van der Waals surface area contributed by atoms with Crippen molar-refractivity contribution in [3.63, 3.8) is 0 Å². The minimum atomic E-state index is 0.572. The van der Waals surface area contributed by atoms with E-state index in [2.05, 4.69) is 57.8 Å². The van der Waals surface area contributed by atoms with Crippen molar-refractivity contribution in [2.24, 2.45) is 0 Å². The summed E-state index contributed by atoms with van der Waals surface area (Å²) in [6.45, 7) is 13.3. The Labute approximate surface area is 138 Å². The fourth-order valence-electron chi connectivity index (χ4n) is 2.95. The summed E-state index contributed by atoms with van der Waals surface area (Å²) in [6, 6.07) is 7.36. The van der Waals surface area contributed by atoms with E-state index in [4.69, 9.17) is 0 Å². The van der Waals surface area contributed by atoms with Gasteiger partial charge in [0, 0.05) is 11.7 Å². The third-order valence-corrected chi connectivity index (χ3v) is 4.40. The summed E-state index contributed by atoms with van der Waals surface area (Å²) in [6.07, 6.45) is 10.00.